The Kier molecular flexibility index (Phi) is 5.85. The Bertz CT molecular complexity index is 421. The normalized spacial score (nSPS) is 9.83. The largest absolute Gasteiger partial charge is 0.454 e. The van der Waals surface area contributed by atoms with Crippen LogP contribution in [0.3, 0.4) is 0 Å². The lowest BCUT2D eigenvalue weighted by Crippen LogP contribution is -2.14. The van der Waals surface area contributed by atoms with Crippen molar-refractivity contribution in [3.05, 3.63) is 48.0 Å². The minimum atomic E-state index is -0.508. The molecule has 0 aliphatic heterocycles. The molecule has 0 amide bonds. The fourth-order valence-electron chi connectivity index (χ4n) is 1.48. The molecule has 18 heavy (non-hydrogen) atoms. The quantitative estimate of drug-likeness (QED) is 0.549. The van der Waals surface area contributed by atoms with E-state index in [2.05, 4.69) is 6.58 Å². The average molecular weight is 246 g/mol. The van der Waals surface area contributed by atoms with Gasteiger partial charge in [0.05, 0.1) is 0 Å². The molecule has 0 aromatic heterocycles. The lowest BCUT2D eigenvalue weighted by Gasteiger charge is -2.04. The first-order chi connectivity index (χ1) is 8.59. The van der Waals surface area contributed by atoms with Gasteiger partial charge in [-0.3, -0.25) is 4.79 Å². The lowest BCUT2D eigenvalue weighted by molar-refractivity contribution is -0.144. The van der Waals surface area contributed by atoms with E-state index in [0.717, 1.165) is 12.8 Å². The van der Waals surface area contributed by atoms with Gasteiger partial charge in [-0.1, -0.05) is 36.9 Å². The molecular weight excluding hydrogens is 228 g/mol. The standard InChI is InChI=1S/C15H18O3/c1-12(2)15(17)18-11-14(16)10-6-9-13-7-4-3-5-8-13/h3-5,7-8H,1,6,9-11H2,2H3. The molecule has 0 N–H and O–H groups in total. The highest BCUT2D eigenvalue weighted by Crippen LogP contribution is 2.05. The summed E-state index contributed by atoms with van der Waals surface area (Å²) in [6.07, 6.45) is 2.06. The lowest BCUT2D eigenvalue weighted by atomic mass is 10.1. The summed E-state index contributed by atoms with van der Waals surface area (Å²) in [5, 5.41) is 0. The van der Waals surface area contributed by atoms with E-state index in [1.54, 1.807) is 6.92 Å². The molecule has 1 rings (SSSR count). The smallest absolute Gasteiger partial charge is 0.333 e. The first kappa shape index (κ1) is 14.2. The van der Waals surface area contributed by atoms with Gasteiger partial charge in [0, 0.05) is 12.0 Å². The molecule has 0 unspecified atom stereocenters. The van der Waals surface area contributed by atoms with Crippen LogP contribution in [-0.4, -0.2) is 18.4 Å². The summed E-state index contributed by atoms with van der Waals surface area (Å²) in [5.74, 6) is -0.563. The van der Waals surface area contributed by atoms with Crippen LogP contribution in [0.25, 0.3) is 0 Å². The number of ketones is 1. The predicted molar refractivity (Wildman–Crippen MR) is 70.2 cm³/mol. The van der Waals surface area contributed by atoms with Gasteiger partial charge in [-0.25, -0.2) is 4.79 Å². The van der Waals surface area contributed by atoms with Gasteiger partial charge in [0.15, 0.2) is 5.78 Å². The van der Waals surface area contributed by atoms with Gasteiger partial charge in [0.1, 0.15) is 6.61 Å². The van der Waals surface area contributed by atoms with E-state index in [9.17, 15) is 9.59 Å². The number of esters is 1. The summed E-state index contributed by atoms with van der Waals surface area (Å²) in [7, 11) is 0. The monoisotopic (exact) mass is 246 g/mol. The van der Waals surface area contributed by atoms with Crippen molar-refractivity contribution in [2.24, 2.45) is 0 Å². The van der Waals surface area contributed by atoms with E-state index in [0.29, 0.717) is 12.0 Å². The van der Waals surface area contributed by atoms with Gasteiger partial charge >= 0.3 is 5.97 Å². The highest BCUT2D eigenvalue weighted by molar-refractivity contribution is 5.89. The van der Waals surface area contributed by atoms with Crippen molar-refractivity contribution < 1.29 is 14.3 Å². The molecule has 0 bridgehead atoms. The molecule has 0 radical (unpaired) electrons. The van der Waals surface area contributed by atoms with E-state index in [1.807, 2.05) is 30.3 Å². The van der Waals surface area contributed by atoms with E-state index in [1.165, 1.54) is 5.56 Å². The Labute approximate surface area is 107 Å². The Balaban J connectivity index is 2.18. The number of carbonyl (C=O) groups excluding carboxylic acids is 2. The number of rotatable bonds is 7. The molecule has 3 heteroatoms. The van der Waals surface area contributed by atoms with Gasteiger partial charge in [0.2, 0.25) is 0 Å². The fraction of sp³-hybridized carbons (Fsp3) is 0.333. The second-order valence-corrected chi connectivity index (χ2v) is 4.23. The number of aryl methyl sites for hydroxylation is 1. The predicted octanol–water partition coefficient (Wildman–Crippen LogP) is 2.70. The molecule has 96 valence electrons. The van der Waals surface area contributed by atoms with Crippen LogP contribution in [-0.2, 0) is 20.7 Å². The average Bonchev–Trinajstić information content (AvgIpc) is 2.37. The number of carbonyl (C=O) groups is 2. The third-order valence-electron chi connectivity index (χ3n) is 2.48. The minimum absolute atomic E-state index is 0.0551. The Hall–Kier alpha value is -1.90. The molecule has 0 saturated heterocycles. The third-order valence-corrected chi connectivity index (χ3v) is 2.48. The van der Waals surface area contributed by atoms with Gasteiger partial charge in [-0.05, 0) is 25.3 Å². The Morgan fingerprint density at radius 2 is 1.89 bits per heavy atom. The zero-order chi connectivity index (χ0) is 13.4. The molecule has 0 aliphatic rings. The van der Waals surface area contributed by atoms with E-state index in [4.69, 9.17) is 4.74 Å². The zero-order valence-corrected chi connectivity index (χ0v) is 10.6. The fourth-order valence-corrected chi connectivity index (χ4v) is 1.48. The topological polar surface area (TPSA) is 43.4 Å². The highest BCUT2D eigenvalue weighted by Gasteiger charge is 2.07. The van der Waals surface area contributed by atoms with Crippen molar-refractivity contribution in [2.45, 2.75) is 26.2 Å². The van der Waals surface area contributed by atoms with Crippen molar-refractivity contribution in [3.8, 4) is 0 Å². The van der Waals surface area contributed by atoms with Crippen LogP contribution >= 0.6 is 0 Å². The van der Waals surface area contributed by atoms with Crippen molar-refractivity contribution in [3.63, 3.8) is 0 Å². The number of Topliss-reactive ketones (excluding diaryl/α,β-unsaturated/α-hetero) is 1. The van der Waals surface area contributed by atoms with Crippen LogP contribution in [0.2, 0.25) is 0 Å². The first-order valence-corrected chi connectivity index (χ1v) is 5.98. The summed E-state index contributed by atoms with van der Waals surface area (Å²) in [5.41, 5.74) is 1.52. The van der Waals surface area contributed by atoms with Crippen LogP contribution in [0.15, 0.2) is 42.5 Å². The molecule has 3 nitrogen and oxygen atoms in total. The van der Waals surface area contributed by atoms with Crippen LogP contribution in [0.5, 0.6) is 0 Å². The molecule has 0 aliphatic carbocycles. The van der Waals surface area contributed by atoms with Crippen molar-refractivity contribution in [2.75, 3.05) is 6.61 Å². The molecule has 1 aromatic rings. The van der Waals surface area contributed by atoms with Crippen molar-refractivity contribution >= 4 is 11.8 Å². The van der Waals surface area contributed by atoms with Gasteiger partial charge < -0.3 is 4.74 Å². The van der Waals surface area contributed by atoms with Crippen LogP contribution < -0.4 is 0 Å². The van der Waals surface area contributed by atoms with Crippen LogP contribution in [0.1, 0.15) is 25.3 Å². The molecule has 0 spiro atoms. The molecule has 0 heterocycles. The summed E-state index contributed by atoms with van der Waals surface area (Å²) < 4.78 is 4.78. The van der Waals surface area contributed by atoms with Crippen LogP contribution in [0, 0.1) is 0 Å². The third kappa shape index (κ3) is 5.43. The minimum Gasteiger partial charge on any atom is -0.454 e. The maximum absolute atomic E-state index is 11.5. The second kappa shape index (κ2) is 7.43. The Morgan fingerprint density at radius 3 is 2.50 bits per heavy atom. The van der Waals surface area contributed by atoms with E-state index in [-0.39, 0.29) is 12.4 Å². The molecule has 0 saturated carbocycles. The summed E-state index contributed by atoms with van der Waals surface area (Å²) in [6.45, 7) is 4.85. The Morgan fingerprint density at radius 1 is 1.22 bits per heavy atom. The van der Waals surface area contributed by atoms with E-state index >= 15 is 0 Å². The van der Waals surface area contributed by atoms with E-state index < -0.39 is 5.97 Å². The number of benzene rings is 1. The maximum Gasteiger partial charge on any atom is 0.333 e. The second-order valence-electron chi connectivity index (χ2n) is 4.23. The molecule has 1 aromatic carbocycles. The first-order valence-electron chi connectivity index (χ1n) is 5.98. The van der Waals surface area contributed by atoms with Crippen LogP contribution in [0.4, 0.5) is 0 Å². The summed E-state index contributed by atoms with van der Waals surface area (Å²) in [6, 6.07) is 9.99. The number of ether oxygens (including phenoxy) is 1. The number of hydrogen-bond acceptors (Lipinski definition) is 3. The molecule has 0 fully saturated rings. The SMILES string of the molecule is C=C(C)C(=O)OCC(=O)CCCc1ccccc1. The summed E-state index contributed by atoms with van der Waals surface area (Å²) in [4.78, 5) is 22.5. The van der Waals surface area contributed by atoms with Gasteiger partial charge in [-0.15, -0.1) is 0 Å². The summed E-state index contributed by atoms with van der Waals surface area (Å²) >= 11 is 0. The van der Waals surface area contributed by atoms with Gasteiger partial charge in [0.25, 0.3) is 0 Å². The highest BCUT2D eigenvalue weighted by atomic mass is 16.5. The van der Waals surface area contributed by atoms with Gasteiger partial charge in [-0.2, -0.15) is 0 Å². The molecule has 0 atom stereocenters. The zero-order valence-electron chi connectivity index (χ0n) is 10.6. The molecular formula is C15H18O3. The maximum atomic E-state index is 11.5. The van der Waals surface area contributed by atoms with Crippen molar-refractivity contribution in [1.82, 2.24) is 0 Å². The van der Waals surface area contributed by atoms with Crippen molar-refractivity contribution in [1.29, 1.82) is 0 Å². The number of hydrogen-bond donors (Lipinski definition) is 0.